The van der Waals surface area contributed by atoms with E-state index in [2.05, 4.69) is 5.92 Å². The van der Waals surface area contributed by atoms with Crippen LogP contribution in [0.4, 0.5) is 0 Å². The maximum Gasteiger partial charge on any atom is 0.322 e. The van der Waals surface area contributed by atoms with Gasteiger partial charge in [-0.2, -0.15) is 4.72 Å². The lowest BCUT2D eigenvalue weighted by Crippen LogP contribution is -2.40. The van der Waals surface area contributed by atoms with Gasteiger partial charge in [0.05, 0.1) is 4.90 Å². The van der Waals surface area contributed by atoms with E-state index in [0.717, 1.165) is 0 Å². The molecule has 0 amide bonds. The Labute approximate surface area is 116 Å². The summed E-state index contributed by atoms with van der Waals surface area (Å²) in [4.78, 5) is 21.9. The number of rotatable bonds is 6. The quantitative estimate of drug-likeness (QED) is 0.592. The Hall–Kier alpha value is -2.17. The average Bonchev–Trinajstić information content (AvgIpc) is 2.38. The molecule has 2 N–H and O–H groups in total. The van der Waals surface area contributed by atoms with Crippen LogP contribution in [0.5, 0.6) is 0 Å². The maximum atomic E-state index is 12.0. The lowest BCUT2D eigenvalue weighted by molar-refractivity contribution is -0.138. The molecule has 0 heterocycles. The lowest BCUT2D eigenvalue weighted by atomic mass is 10.2. The Morgan fingerprint density at radius 1 is 1.45 bits per heavy atom. The number of carbonyl (C=O) groups excluding carboxylic acids is 1. The fraction of sp³-hybridized carbons (Fsp3) is 0.231. The van der Waals surface area contributed by atoms with Gasteiger partial charge in [0.15, 0.2) is 5.78 Å². The van der Waals surface area contributed by atoms with Crippen LogP contribution in [0.25, 0.3) is 0 Å². The first-order chi connectivity index (χ1) is 9.27. The van der Waals surface area contributed by atoms with Gasteiger partial charge < -0.3 is 5.11 Å². The third-order valence-corrected chi connectivity index (χ3v) is 3.94. The van der Waals surface area contributed by atoms with Crippen molar-refractivity contribution >= 4 is 21.8 Å². The van der Waals surface area contributed by atoms with Crippen molar-refractivity contribution < 1.29 is 23.1 Å². The summed E-state index contributed by atoms with van der Waals surface area (Å²) in [7, 11) is -4.06. The molecule has 1 unspecified atom stereocenters. The molecule has 6 nitrogen and oxygen atoms in total. The highest BCUT2D eigenvalue weighted by molar-refractivity contribution is 7.89. The fourth-order valence-corrected chi connectivity index (χ4v) is 2.67. The van der Waals surface area contributed by atoms with E-state index in [-0.39, 0.29) is 22.7 Å². The van der Waals surface area contributed by atoms with Gasteiger partial charge in [0.2, 0.25) is 10.0 Å². The maximum absolute atomic E-state index is 12.0. The summed E-state index contributed by atoms with van der Waals surface area (Å²) >= 11 is 0. The standard InChI is InChI=1S/C13H13NO5S/c1-3-5-12(13(16)17)14-20(18,19)11-7-4-6-10(8-11)9(2)15/h1,4,6-8,12,14H,5H2,2H3,(H,16,17). The molecular weight excluding hydrogens is 282 g/mol. The number of hydrogen-bond donors (Lipinski definition) is 2. The van der Waals surface area contributed by atoms with E-state index in [0.29, 0.717) is 0 Å². The molecule has 1 rings (SSSR count). The van der Waals surface area contributed by atoms with Crippen molar-refractivity contribution in [1.29, 1.82) is 0 Å². The normalized spacial score (nSPS) is 12.4. The highest BCUT2D eigenvalue weighted by Gasteiger charge is 2.24. The number of nitrogens with one attached hydrogen (secondary N) is 1. The summed E-state index contributed by atoms with van der Waals surface area (Å²) in [6.07, 6.45) is 4.72. The van der Waals surface area contributed by atoms with Crippen molar-refractivity contribution in [1.82, 2.24) is 4.72 Å². The van der Waals surface area contributed by atoms with Crippen LogP contribution in [0.3, 0.4) is 0 Å². The molecule has 0 saturated heterocycles. The summed E-state index contributed by atoms with van der Waals surface area (Å²) in [5.41, 5.74) is 0.219. The molecule has 1 atom stereocenters. The van der Waals surface area contributed by atoms with Crippen LogP contribution in [0.1, 0.15) is 23.7 Å². The molecule has 0 aliphatic heterocycles. The number of sulfonamides is 1. The summed E-state index contributed by atoms with van der Waals surface area (Å²) in [6.45, 7) is 1.30. The number of hydrogen-bond acceptors (Lipinski definition) is 4. The smallest absolute Gasteiger partial charge is 0.322 e. The molecule has 7 heteroatoms. The molecule has 106 valence electrons. The Morgan fingerprint density at radius 3 is 2.60 bits per heavy atom. The van der Waals surface area contributed by atoms with Gasteiger partial charge in [0, 0.05) is 12.0 Å². The summed E-state index contributed by atoms with van der Waals surface area (Å²) in [6, 6.07) is 3.91. The van der Waals surface area contributed by atoms with Crippen LogP contribution in [-0.4, -0.2) is 31.3 Å². The van der Waals surface area contributed by atoms with Crippen molar-refractivity contribution in [3.63, 3.8) is 0 Å². The van der Waals surface area contributed by atoms with Crippen LogP contribution in [0.2, 0.25) is 0 Å². The first kappa shape index (κ1) is 15.9. The molecular formula is C13H13NO5S. The third kappa shape index (κ3) is 3.91. The Balaban J connectivity index is 3.11. The van der Waals surface area contributed by atoms with E-state index in [1.165, 1.54) is 31.2 Å². The number of ketones is 1. The number of carboxylic acids is 1. The molecule has 0 aliphatic carbocycles. The van der Waals surface area contributed by atoms with Gasteiger partial charge in [-0.15, -0.1) is 12.3 Å². The second-order valence-corrected chi connectivity index (χ2v) is 5.72. The van der Waals surface area contributed by atoms with Gasteiger partial charge in [0.25, 0.3) is 0 Å². The second-order valence-electron chi connectivity index (χ2n) is 4.00. The van der Waals surface area contributed by atoms with Crippen molar-refractivity contribution in [3.05, 3.63) is 29.8 Å². The van der Waals surface area contributed by atoms with E-state index in [4.69, 9.17) is 11.5 Å². The zero-order chi connectivity index (χ0) is 15.3. The van der Waals surface area contributed by atoms with E-state index in [9.17, 15) is 18.0 Å². The molecule has 0 radical (unpaired) electrons. The number of terminal acetylenes is 1. The topological polar surface area (TPSA) is 101 Å². The van der Waals surface area contributed by atoms with Crippen molar-refractivity contribution in [3.8, 4) is 12.3 Å². The van der Waals surface area contributed by atoms with Gasteiger partial charge in [-0.25, -0.2) is 8.42 Å². The fourth-order valence-electron chi connectivity index (χ4n) is 1.43. The molecule has 1 aromatic carbocycles. The summed E-state index contributed by atoms with van der Waals surface area (Å²) in [5, 5.41) is 8.88. The van der Waals surface area contributed by atoms with Gasteiger partial charge >= 0.3 is 5.97 Å². The minimum atomic E-state index is -4.06. The molecule has 0 spiro atoms. The number of benzene rings is 1. The SMILES string of the molecule is C#CCC(NS(=O)(=O)c1cccc(C(C)=O)c1)C(=O)O. The summed E-state index contributed by atoms with van der Waals surface area (Å²) < 4.78 is 26.1. The van der Waals surface area contributed by atoms with Crippen LogP contribution < -0.4 is 4.72 Å². The lowest BCUT2D eigenvalue weighted by Gasteiger charge is -2.12. The molecule has 0 fully saturated rings. The van der Waals surface area contributed by atoms with E-state index < -0.39 is 22.0 Å². The van der Waals surface area contributed by atoms with Crippen LogP contribution in [0.15, 0.2) is 29.2 Å². The van der Waals surface area contributed by atoms with Gasteiger partial charge in [-0.05, 0) is 19.1 Å². The zero-order valence-corrected chi connectivity index (χ0v) is 11.5. The predicted octanol–water partition coefficient (Wildman–Crippen LogP) is 0.644. The van der Waals surface area contributed by atoms with E-state index >= 15 is 0 Å². The molecule has 0 saturated carbocycles. The van der Waals surface area contributed by atoms with Crippen molar-refractivity contribution in [2.75, 3.05) is 0 Å². The molecule has 0 aromatic heterocycles. The summed E-state index contributed by atoms with van der Waals surface area (Å²) in [5.74, 6) is 0.433. The van der Waals surface area contributed by atoms with Crippen LogP contribution in [0, 0.1) is 12.3 Å². The number of Topliss-reactive ketones (excluding diaryl/α,β-unsaturated/α-hetero) is 1. The number of carbonyl (C=O) groups is 2. The molecule has 0 bridgehead atoms. The average molecular weight is 295 g/mol. The molecule has 20 heavy (non-hydrogen) atoms. The van der Waals surface area contributed by atoms with E-state index in [1.807, 2.05) is 4.72 Å². The number of aliphatic carboxylic acids is 1. The molecule has 1 aromatic rings. The van der Waals surface area contributed by atoms with Crippen LogP contribution >= 0.6 is 0 Å². The largest absolute Gasteiger partial charge is 0.480 e. The van der Waals surface area contributed by atoms with Crippen LogP contribution in [-0.2, 0) is 14.8 Å². The van der Waals surface area contributed by atoms with E-state index in [1.54, 1.807) is 0 Å². The first-order valence-corrected chi connectivity index (χ1v) is 7.06. The minimum Gasteiger partial charge on any atom is -0.480 e. The first-order valence-electron chi connectivity index (χ1n) is 5.57. The van der Waals surface area contributed by atoms with Gasteiger partial charge in [-0.3, -0.25) is 9.59 Å². The second kappa shape index (κ2) is 6.32. The highest BCUT2D eigenvalue weighted by Crippen LogP contribution is 2.13. The third-order valence-electron chi connectivity index (χ3n) is 2.47. The van der Waals surface area contributed by atoms with Crippen molar-refractivity contribution in [2.45, 2.75) is 24.3 Å². The zero-order valence-electron chi connectivity index (χ0n) is 10.7. The molecule has 0 aliphatic rings. The Bertz CT molecular complexity index is 672. The predicted molar refractivity (Wildman–Crippen MR) is 71.6 cm³/mol. The minimum absolute atomic E-state index is 0.187. The van der Waals surface area contributed by atoms with Crippen molar-refractivity contribution in [2.24, 2.45) is 0 Å². The number of carboxylic acid groups (broad SMARTS) is 1. The highest BCUT2D eigenvalue weighted by atomic mass is 32.2. The Kier molecular flexibility index (Phi) is 5.02. The monoisotopic (exact) mass is 295 g/mol. The Morgan fingerprint density at radius 2 is 2.10 bits per heavy atom. The van der Waals surface area contributed by atoms with Gasteiger partial charge in [-0.1, -0.05) is 12.1 Å². The van der Waals surface area contributed by atoms with Gasteiger partial charge in [0.1, 0.15) is 6.04 Å².